The normalized spacial score (nSPS) is 13.5. The predicted octanol–water partition coefficient (Wildman–Crippen LogP) is 7.02. The molecule has 1 heterocycles. The van der Waals surface area contributed by atoms with Crippen LogP contribution in [-0.4, -0.2) is 38.1 Å². The summed E-state index contributed by atoms with van der Waals surface area (Å²) in [5.41, 5.74) is 4.31. The van der Waals surface area contributed by atoms with E-state index < -0.39 is 17.6 Å². The van der Waals surface area contributed by atoms with Gasteiger partial charge in [0.15, 0.2) is 0 Å². The number of benzene rings is 4. The van der Waals surface area contributed by atoms with Crippen LogP contribution in [-0.2, 0) is 10.9 Å². The molecule has 0 saturated carbocycles. The highest BCUT2D eigenvalue weighted by Crippen LogP contribution is 2.31. The number of ether oxygens (including phenoxy) is 1. The largest absolute Gasteiger partial charge is 0.416 e. The molecule has 4 aromatic carbocycles. The molecule has 0 spiro atoms. The number of nitrogens with zero attached hydrogens (tertiary/aromatic N) is 1. The van der Waals surface area contributed by atoms with Crippen molar-refractivity contribution in [3.8, 4) is 11.1 Å². The smallest absolute Gasteiger partial charge is 0.378 e. The van der Waals surface area contributed by atoms with Crippen LogP contribution >= 0.6 is 0 Å². The van der Waals surface area contributed by atoms with Gasteiger partial charge in [0.05, 0.1) is 18.8 Å². The van der Waals surface area contributed by atoms with E-state index in [1.807, 2.05) is 37.3 Å². The van der Waals surface area contributed by atoms with Crippen LogP contribution in [0.5, 0.6) is 0 Å². The van der Waals surface area contributed by atoms with Crippen LogP contribution in [0, 0.1) is 6.92 Å². The second-order valence-corrected chi connectivity index (χ2v) is 9.74. The maximum absolute atomic E-state index is 13.0. The second-order valence-electron chi connectivity index (χ2n) is 9.74. The van der Waals surface area contributed by atoms with E-state index in [2.05, 4.69) is 15.5 Å². The Morgan fingerprint density at radius 3 is 2.07 bits per heavy atom. The summed E-state index contributed by atoms with van der Waals surface area (Å²) in [5, 5.41) is 5.45. The van der Waals surface area contributed by atoms with Gasteiger partial charge >= 0.3 is 6.18 Å². The molecule has 0 radical (unpaired) electrons. The molecule has 0 aliphatic carbocycles. The first-order chi connectivity index (χ1) is 19.7. The molecule has 1 saturated heterocycles. The van der Waals surface area contributed by atoms with Crippen molar-refractivity contribution >= 4 is 28.9 Å². The Hall–Kier alpha value is -4.63. The van der Waals surface area contributed by atoms with Gasteiger partial charge in [-0.2, -0.15) is 13.2 Å². The van der Waals surface area contributed by atoms with Gasteiger partial charge in [0, 0.05) is 41.3 Å². The van der Waals surface area contributed by atoms with E-state index in [0.717, 1.165) is 47.6 Å². The standard InChI is InChI=1S/C32H28F3N3O3/c1-21-5-6-24(31(40)36-26-11-13-28(14-12-26)38-15-17-41-18-16-38)19-29(21)22-7-9-23(10-8-22)30(39)37-27-4-2-3-25(20-27)32(33,34)35/h2-14,19-20H,15-18H2,1H3,(H,36,40)(H,37,39). The highest BCUT2D eigenvalue weighted by molar-refractivity contribution is 6.06. The van der Waals surface area contributed by atoms with Gasteiger partial charge in [-0.05, 0) is 90.3 Å². The van der Waals surface area contributed by atoms with Gasteiger partial charge in [0.25, 0.3) is 11.8 Å². The van der Waals surface area contributed by atoms with Gasteiger partial charge in [-0.1, -0.05) is 24.3 Å². The van der Waals surface area contributed by atoms with Crippen molar-refractivity contribution < 1.29 is 27.5 Å². The number of morpholine rings is 1. The molecule has 1 aliphatic rings. The topological polar surface area (TPSA) is 70.7 Å². The van der Waals surface area contributed by atoms with Crippen LogP contribution in [0.25, 0.3) is 11.1 Å². The molecule has 0 aromatic heterocycles. The Balaban J connectivity index is 1.26. The first kappa shape index (κ1) is 27.9. The summed E-state index contributed by atoms with van der Waals surface area (Å²) in [6.07, 6.45) is -4.50. The molecule has 1 aliphatic heterocycles. The van der Waals surface area contributed by atoms with Gasteiger partial charge in [0.1, 0.15) is 0 Å². The molecule has 2 amide bonds. The Morgan fingerprint density at radius 1 is 0.756 bits per heavy atom. The number of carbonyl (C=O) groups excluding carboxylic acids is 2. The number of anilines is 3. The summed E-state index contributed by atoms with van der Waals surface area (Å²) in [6.45, 7) is 4.99. The van der Waals surface area contributed by atoms with Crippen molar-refractivity contribution in [2.45, 2.75) is 13.1 Å². The van der Waals surface area contributed by atoms with E-state index in [0.29, 0.717) is 30.0 Å². The number of amides is 2. The number of aryl methyl sites for hydroxylation is 1. The number of hydrogen-bond acceptors (Lipinski definition) is 4. The van der Waals surface area contributed by atoms with Crippen molar-refractivity contribution in [2.75, 3.05) is 41.8 Å². The highest BCUT2D eigenvalue weighted by atomic mass is 19.4. The molecule has 0 bridgehead atoms. The van der Waals surface area contributed by atoms with E-state index in [1.54, 1.807) is 36.4 Å². The minimum atomic E-state index is -4.50. The Kier molecular flexibility index (Phi) is 8.07. The molecular weight excluding hydrogens is 531 g/mol. The third-order valence-corrected chi connectivity index (χ3v) is 6.91. The van der Waals surface area contributed by atoms with Gasteiger partial charge in [0.2, 0.25) is 0 Å². The number of carbonyl (C=O) groups is 2. The fraction of sp³-hybridized carbons (Fsp3) is 0.188. The van der Waals surface area contributed by atoms with E-state index >= 15 is 0 Å². The Labute approximate surface area is 235 Å². The third-order valence-electron chi connectivity index (χ3n) is 6.91. The van der Waals surface area contributed by atoms with E-state index in [9.17, 15) is 22.8 Å². The first-order valence-corrected chi connectivity index (χ1v) is 13.1. The lowest BCUT2D eigenvalue weighted by Crippen LogP contribution is -2.36. The highest BCUT2D eigenvalue weighted by Gasteiger charge is 2.30. The number of rotatable bonds is 6. The molecule has 6 nitrogen and oxygen atoms in total. The van der Waals surface area contributed by atoms with Crippen molar-refractivity contribution in [3.05, 3.63) is 113 Å². The molecule has 2 N–H and O–H groups in total. The monoisotopic (exact) mass is 559 g/mol. The van der Waals surface area contributed by atoms with Gasteiger partial charge in [-0.15, -0.1) is 0 Å². The summed E-state index contributed by atoms with van der Waals surface area (Å²) in [6, 6.07) is 24.3. The number of halogens is 3. The summed E-state index contributed by atoms with van der Waals surface area (Å²) >= 11 is 0. The third kappa shape index (κ3) is 6.75. The van der Waals surface area contributed by atoms with Crippen molar-refractivity contribution in [2.24, 2.45) is 0 Å². The summed E-state index contributed by atoms with van der Waals surface area (Å²) in [4.78, 5) is 27.9. The van der Waals surface area contributed by atoms with Crippen LogP contribution in [0.2, 0.25) is 0 Å². The minimum Gasteiger partial charge on any atom is -0.378 e. The van der Waals surface area contributed by atoms with Crippen LogP contribution in [0.15, 0.2) is 91.0 Å². The van der Waals surface area contributed by atoms with E-state index in [4.69, 9.17) is 4.74 Å². The van der Waals surface area contributed by atoms with Crippen LogP contribution < -0.4 is 15.5 Å². The zero-order chi connectivity index (χ0) is 29.0. The van der Waals surface area contributed by atoms with Gasteiger partial charge in [-0.25, -0.2) is 0 Å². The molecule has 210 valence electrons. The molecule has 0 unspecified atom stereocenters. The maximum atomic E-state index is 13.0. The molecule has 0 atom stereocenters. The van der Waals surface area contributed by atoms with Crippen LogP contribution in [0.3, 0.4) is 0 Å². The quantitative estimate of drug-likeness (QED) is 0.266. The SMILES string of the molecule is Cc1ccc(C(=O)Nc2ccc(N3CCOCC3)cc2)cc1-c1ccc(C(=O)Nc2cccc(C(F)(F)F)c2)cc1. The van der Waals surface area contributed by atoms with Crippen molar-refractivity contribution in [1.82, 2.24) is 0 Å². The minimum absolute atomic E-state index is 0.0548. The summed E-state index contributed by atoms with van der Waals surface area (Å²) in [7, 11) is 0. The Morgan fingerprint density at radius 2 is 1.39 bits per heavy atom. The number of nitrogens with one attached hydrogen (secondary N) is 2. The zero-order valence-corrected chi connectivity index (χ0v) is 22.3. The fourth-order valence-electron chi connectivity index (χ4n) is 4.63. The molecule has 9 heteroatoms. The average molecular weight is 560 g/mol. The van der Waals surface area contributed by atoms with Crippen molar-refractivity contribution in [1.29, 1.82) is 0 Å². The second kappa shape index (κ2) is 11.9. The van der Waals surface area contributed by atoms with Crippen molar-refractivity contribution in [3.63, 3.8) is 0 Å². The molecule has 4 aromatic rings. The van der Waals surface area contributed by atoms with E-state index in [1.165, 1.54) is 12.1 Å². The van der Waals surface area contributed by atoms with Crippen LogP contribution in [0.1, 0.15) is 31.8 Å². The fourth-order valence-corrected chi connectivity index (χ4v) is 4.63. The predicted molar refractivity (Wildman–Crippen MR) is 153 cm³/mol. The molecule has 1 fully saturated rings. The molecular formula is C32H28F3N3O3. The van der Waals surface area contributed by atoms with Gasteiger partial charge in [-0.3, -0.25) is 9.59 Å². The molecule has 5 rings (SSSR count). The first-order valence-electron chi connectivity index (χ1n) is 13.1. The number of alkyl halides is 3. The zero-order valence-electron chi connectivity index (χ0n) is 22.3. The Bertz CT molecular complexity index is 1550. The number of hydrogen-bond donors (Lipinski definition) is 2. The van der Waals surface area contributed by atoms with Crippen LogP contribution in [0.4, 0.5) is 30.2 Å². The lowest BCUT2D eigenvalue weighted by atomic mass is 9.97. The lowest BCUT2D eigenvalue weighted by Gasteiger charge is -2.28. The summed E-state index contributed by atoms with van der Waals surface area (Å²) in [5.74, 6) is -0.775. The average Bonchev–Trinajstić information content (AvgIpc) is 2.98. The maximum Gasteiger partial charge on any atom is 0.416 e. The van der Waals surface area contributed by atoms with E-state index in [-0.39, 0.29) is 11.6 Å². The molecule has 41 heavy (non-hydrogen) atoms. The lowest BCUT2D eigenvalue weighted by molar-refractivity contribution is -0.137. The van der Waals surface area contributed by atoms with Gasteiger partial charge < -0.3 is 20.3 Å². The summed E-state index contributed by atoms with van der Waals surface area (Å²) < 4.78 is 44.4.